The van der Waals surface area contributed by atoms with E-state index in [1.54, 1.807) is 6.07 Å². The smallest absolute Gasteiger partial charge is 0.287 e. The predicted octanol–water partition coefficient (Wildman–Crippen LogP) is 3.67. The monoisotopic (exact) mass is 340 g/mol. The first-order chi connectivity index (χ1) is 11.7. The van der Waals surface area contributed by atoms with Gasteiger partial charge in [-0.3, -0.25) is 9.69 Å². The molecular formula is C19H20N2O2S. The van der Waals surface area contributed by atoms with Crippen LogP contribution in [0.5, 0.6) is 0 Å². The van der Waals surface area contributed by atoms with Gasteiger partial charge >= 0.3 is 0 Å². The van der Waals surface area contributed by atoms with E-state index in [2.05, 4.69) is 28.6 Å². The molecule has 1 amide bonds. The van der Waals surface area contributed by atoms with Gasteiger partial charge in [0.15, 0.2) is 5.76 Å². The van der Waals surface area contributed by atoms with Crippen molar-refractivity contribution in [1.29, 1.82) is 0 Å². The Labute approximate surface area is 145 Å². The average Bonchev–Trinajstić information content (AvgIpc) is 3.24. The van der Waals surface area contributed by atoms with E-state index < -0.39 is 0 Å². The van der Waals surface area contributed by atoms with Crippen LogP contribution < -0.4 is 5.32 Å². The van der Waals surface area contributed by atoms with Crippen LogP contribution in [0.1, 0.15) is 27.9 Å². The summed E-state index contributed by atoms with van der Waals surface area (Å²) in [4.78, 5) is 16.3. The van der Waals surface area contributed by atoms with E-state index in [4.69, 9.17) is 4.42 Å². The number of para-hydroxylation sites is 1. The zero-order valence-electron chi connectivity index (χ0n) is 13.6. The molecule has 0 bridgehead atoms. The summed E-state index contributed by atoms with van der Waals surface area (Å²) in [6.07, 6.45) is 1.11. The third-order valence-corrected chi connectivity index (χ3v) is 5.69. The predicted molar refractivity (Wildman–Crippen MR) is 96.4 cm³/mol. The van der Waals surface area contributed by atoms with Crippen molar-refractivity contribution >= 4 is 28.2 Å². The summed E-state index contributed by atoms with van der Waals surface area (Å²) in [6.45, 7) is 4.81. The van der Waals surface area contributed by atoms with Gasteiger partial charge in [-0.25, -0.2) is 0 Å². The lowest BCUT2D eigenvalue weighted by atomic mass is 10.1. The number of hydrogen-bond donors (Lipinski definition) is 1. The van der Waals surface area contributed by atoms with Crippen molar-refractivity contribution in [2.75, 3.05) is 13.1 Å². The van der Waals surface area contributed by atoms with E-state index in [-0.39, 0.29) is 5.91 Å². The van der Waals surface area contributed by atoms with Crippen molar-refractivity contribution in [3.63, 3.8) is 0 Å². The number of rotatable bonds is 4. The molecule has 0 unspecified atom stereocenters. The van der Waals surface area contributed by atoms with E-state index >= 15 is 0 Å². The molecule has 124 valence electrons. The molecule has 24 heavy (non-hydrogen) atoms. The molecule has 4 rings (SSSR count). The van der Waals surface area contributed by atoms with Crippen LogP contribution in [0, 0.1) is 0 Å². The van der Waals surface area contributed by atoms with E-state index in [9.17, 15) is 4.79 Å². The van der Waals surface area contributed by atoms with Crippen LogP contribution in [0.3, 0.4) is 0 Å². The maximum Gasteiger partial charge on any atom is 0.287 e. The first-order valence-electron chi connectivity index (χ1n) is 8.27. The number of carbonyl (C=O) groups is 1. The van der Waals surface area contributed by atoms with Gasteiger partial charge in [0, 0.05) is 35.9 Å². The normalized spacial score (nSPS) is 16.0. The number of carbonyl (C=O) groups excluding carboxylic acids is 1. The van der Waals surface area contributed by atoms with Gasteiger partial charge < -0.3 is 9.73 Å². The van der Waals surface area contributed by atoms with Crippen LogP contribution in [0.25, 0.3) is 11.0 Å². The fourth-order valence-corrected chi connectivity index (χ4v) is 4.09. The molecule has 1 atom stereocenters. The van der Waals surface area contributed by atoms with Crippen molar-refractivity contribution in [2.24, 2.45) is 0 Å². The Balaban J connectivity index is 1.37. The van der Waals surface area contributed by atoms with Gasteiger partial charge in [0.1, 0.15) is 5.58 Å². The number of nitrogens with one attached hydrogen (secondary N) is 1. The van der Waals surface area contributed by atoms with E-state index in [1.165, 1.54) is 10.4 Å². The molecule has 3 heterocycles. The zero-order chi connectivity index (χ0) is 16.5. The van der Waals surface area contributed by atoms with Crippen molar-refractivity contribution in [2.45, 2.75) is 25.9 Å². The Bertz CT molecular complexity index is 834. The second-order valence-electron chi connectivity index (χ2n) is 6.30. The highest BCUT2D eigenvalue weighted by Crippen LogP contribution is 2.25. The van der Waals surface area contributed by atoms with Gasteiger partial charge in [0.05, 0.1) is 0 Å². The number of fused-ring (bicyclic) bond motifs is 2. The minimum atomic E-state index is -0.147. The van der Waals surface area contributed by atoms with Crippen LogP contribution in [-0.2, 0) is 13.0 Å². The first-order valence-corrected chi connectivity index (χ1v) is 9.15. The maximum atomic E-state index is 12.3. The standard InChI is InChI=1S/C19H20N2O2S/c1-13(21-8-6-18-15(12-21)7-9-24-18)11-20-19(22)17-10-14-4-2-3-5-16(14)23-17/h2-5,7,9-10,13H,6,8,11-12H2,1H3,(H,20,22)/t13-/m1/s1. The Morgan fingerprint density at radius 2 is 2.25 bits per heavy atom. The molecule has 0 spiro atoms. The first kappa shape index (κ1) is 15.4. The van der Waals surface area contributed by atoms with E-state index in [0.717, 1.165) is 30.5 Å². The molecule has 1 aliphatic heterocycles. The molecule has 0 aliphatic carbocycles. The molecule has 3 aromatic rings. The third kappa shape index (κ3) is 2.97. The van der Waals surface area contributed by atoms with Gasteiger partial charge in [0.2, 0.25) is 0 Å². The fourth-order valence-electron chi connectivity index (χ4n) is 3.20. The average molecular weight is 340 g/mol. The Hall–Kier alpha value is -2.11. The molecule has 0 radical (unpaired) electrons. The number of thiophene rings is 1. The SMILES string of the molecule is C[C@H](CNC(=O)c1cc2ccccc2o1)N1CCc2sccc2C1. The van der Waals surface area contributed by atoms with Crippen LogP contribution in [-0.4, -0.2) is 29.9 Å². The summed E-state index contributed by atoms with van der Waals surface area (Å²) in [7, 11) is 0. The lowest BCUT2D eigenvalue weighted by Gasteiger charge is -2.32. The fraction of sp³-hybridized carbons (Fsp3) is 0.316. The van der Waals surface area contributed by atoms with E-state index in [1.807, 2.05) is 35.6 Å². The highest BCUT2D eigenvalue weighted by atomic mass is 32.1. The molecule has 5 heteroatoms. The largest absolute Gasteiger partial charge is 0.451 e. The second-order valence-corrected chi connectivity index (χ2v) is 7.30. The Kier molecular flexibility index (Phi) is 4.12. The number of furan rings is 1. The van der Waals surface area contributed by atoms with E-state index in [0.29, 0.717) is 18.3 Å². The highest BCUT2D eigenvalue weighted by molar-refractivity contribution is 7.10. The van der Waals surface area contributed by atoms with Crippen molar-refractivity contribution in [1.82, 2.24) is 10.2 Å². The quantitative estimate of drug-likeness (QED) is 0.788. The van der Waals surface area contributed by atoms with Crippen molar-refractivity contribution < 1.29 is 9.21 Å². The number of hydrogen-bond acceptors (Lipinski definition) is 4. The maximum absolute atomic E-state index is 12.3. The highest BCUT2D eigenvalue weighted by Gasteiger charge is 2.22. The van der Waals surface area contributed by atoms with Crippen LogP contribution in [0.2, 0.25) is 0 Å². The summed E-state index contributed by atoms with van der Waals surface area (Å²) in [6, 6.07) is 12.0. The summed E-state index contributed by atoms with van der Waals surface area (Å²) >= 11 is 1.85. The topological polar surface area (TPSA) is 45.5 Å². The molecule has 0 fully saturated rings. The molecule has 1 N–H and O–H groups in total. The molecule has 2 aromatic heterocycles. The Morgan fingerprint density at radius 1 is 1.38 bits per heavy atom. The second kappa shape index (κ2) is 6.42. The zero-order valence-corrected chi connectivity index (χ0v) is 14.4. The molecular weight excluding hydrogens is 320 g/mol. The lowest BCUT2D eigenvalue weighted by molar-refractivity contribution is 0.0907. The number of benzene rings is 1. The third-order valence-electron chi connectivity index (χ3n) is 4.67. The summed E-state index contributed by atoms with van der Waals surface area (Å²) in [5.41, 5.74) is 2.18. The van der Waals surface area contributed by atoms with Gasteiger partial charge in [-0.1, -0.05) is 18.2 Å². The minimum Gasteiger partial charge on any atom is -0.451 e. The molecule has 0 saturated carbocycles. The minimum absolute atomic E-state index is 0.147. The number of amides is 1. The Morgan fingerprint density at radius 3 is 3.12 bits per heavy atom. The van der Waals surface area contributed by atoms with Crippen molar-refractivity contribution in [3.8, 4) is 0 Å². The summed E-state index contributed by atoms with van der Waals surface area (Å²) in [5.74, 6) is 0.230. The van der Waals surface area contributed by atoms with Gasteiger partial charge in [-0.15, -0.1) is 11.3 Å². The lowest BCUT2D eigenvalue weighted by Crippen LogP contribution is -2.44. The molecule has 0 saturated heterocycles. The van der Waals surface area contributed by atoms with Crippen LogP contribution >= 0.6 is 11.3 Å². The van der Waals surface area contributed by atoms with Crippen LogP contribution in [0.15, 0.2) is 46.2 Å². The van der Waals surface area contributed by atoms with Gasteiger partial charge in [-0.2, -0.15) is 0 Å². The summed E-state index contributed by atoms with van der Waals surface area (Å²) in [5, 5.41) is 6.13. The van der Waals surface area contributed by atoms with Gasteiger partial charge in [0.25, 0.3) is 5.91 Å². The number of nitrogens with zero attached hydrogens (tertiary/aromatic N) is 1. The summed E-state index contributed by atoms with van der Waals surface area (Å²) < 4.78 is 5.62. The molecule has 4 nitrogen and oxygen atoms in total. The van der Waals surface area contributed by atoms with Gasteiger partial charge in [-0.05, 0) is 42.5 Å². The van der Waals surface area contributed by atoms with Crippen molar-refractivity contribution in [3.05, 3.63) is 58.0 Å². The van der Waals surface area contributed by atoms with Crippen LogP contribution in [0.4, 0.5) is 0 Å². The molecule has 1 aromatic carbocycles. The molecule has 1 aliphatic rings.